The summed E-state index contributed by atoms with van der Waals surface area (Å²) in [6.07, 6.45) is 0. The zero-order chi connectivity index (χ0) is 22.0. The van der Waals surface area contributed by atoms with Crippen molar-refractivity contribution in [2.45, 2.75) is 27.9 Å². The largest absolute Gasteiger partial charge is 1.00 e. The summed E-state index contributed by atoms with van der Waals surface area (Å²) in [6.45, 7) is -0.165. The molecule has 160 valence electrons. The Morgan fingerprint density at radius 1 is 0.967 bits per heavy atom. The topological polar surface area (TPSA) is 49.4 Å². The molecule has 0 N–H and O–H groups in total. The number of rotatable bonds is 8. The van der Waals surface area contributed by atoms with E-state index in [9.17, 15) is 43.9 Å². The second-order valence-electron chi connectivity index (χ2n) is 5.44. The van der Waals surface area contributed by atoms with Gasteiger partial charge in [-0.05, 0) is 17.3 Å². The number of alkyl halides is 6. The van der Waals surface area contributed by atoms with Crippen LogP contribution in [-0.4, -0.2) is 25.2 Å². The maximum atomic E-state index is 14.0. The summed E-state index contributed by atoms with van der Waals surface area (Å²) >= 11 is -6.49. The molecule has 2 aromatic rings. The maximum absolute atomic E-state index is 14.0. The molecule has 1 unspecified atom stereocenters. The summed E-state index contributed by atoms with van der Waals surface area (Å²) in [7, 11) is 0. The first-order valence-electron chi connectivity index (χ1n) is 7.37. The number of halogens is 8. The molecule has 1 atom stereocenters. The monoisotopic (exact) mass is 488 g/mol. The molecule has 30 heavy (non-hydrogen) atoms. The quantitative estimate of drug-likeness (QED) is 0.248. The van der Waals surface area contributed by atoms with Crippen LogP contribution < -0.4 is 34.3 Å². The first-order valence-corrected chi connectivity index (χ1v) is 9.26. The van der Waals surface area contributed by atoms with Gasteiger partial charge in [-0.25, -0.2) is 8.78 Å². The van der Waals surface area contributed by atoms with Gasteiger partial charge in [0.05, 0.1) is 4.90 Å². The van der Waals surface area contributed by atoms with Crippen molar-refractivity contribution in [1.29, 1.82) is 0 Å². The summed E-state index contributed by atoms with van der Waals surface area (Å²) in [4.78, 5) is -1.71. The van der Waals surface area contributed by atoms with Crippen LogP contribution in [0.3, 0.4) is 0 Å². The molecule has 0 aliphatic heterocycles. The summed E-state index contributed by atoms with van der Waals surface area (Å²) in [5.74, 6) is -10.5. The van der Waals surface area contributed by atoms with Gasteiger partial charge in [-0.1, -0.05) is 30.3 Å². The van der Waals surface area contributed by atoms with E-state index in [1.807, 2.05) is 0 Å². The van der Waals surface area contributed by atoms with Crippen molar-refractivity contribution < 1.29 is 78.2 Å². The third kappa shape index (κ3) is 5.68. The molecule has 0 heterocycles. The average molecular weight is 488 g/mol. The fourth-order valence-corrected chi connectivity index (χ4v) is 3.15. The van der Waals surface area contributed by atoms with Gasteiger partial charge in [0, 0.05) is 23.2 Å². The Hall–Kier alpha value is -0.860. The third-order valence-corrected chi connectivity index (χ3v) is 5.17. The van der Waals surface area contributed by atoms with E-state index in [2.05, 4.69) is 0 Å². The summed E-state index contributed by atoms with van der Waals surface area (Å²) in [5, 5.41) is -12.1. The molecule has 14 heteroatoms. The molecule has 0 fully saturated rings. The first-order chi connectivity index (χ1) is 13.3. The van der Waals surface area contributed by atoms with Crippen molar-refractivity contribution in [3.05, 3.63) is 59.7 Å². The zero-order valence-corrected chi connectivity index (χ0v) is 18.4. The fraction of sp³-hybridized carbons (Fsp3) is 0.250. The second-order valence-corrected chi connectivity index (χ2v) is 7.54. The van der Waals surface area contributed by atoms with Crippen LogP contribution in [0.25, 0.3) is 0 Å². The second kappa shape index (κ2) is 10.2. The summed E-state index contributed by atoms with van der Waals surface area (Å²) in [5.41, 5.74) is 0.589. The van der Waals surface area contributed by atoms with Crippen molar-refractivity contribution >= 4 is 22.8 Å². The van der Waals surface area contributed by atoms with Gasteiger partial charge in [-0.3, -0.25) is 4.21 Å². The van der Waals surface area contributed by atoms with Crippen LogP contribution in [0.1, 0.15) is 5.56 Å². The molecule has 0 amide bonds. The van der Waals surface area contributed by atoms with Gasteiger partial charge in [0.25, 0.3) is 0 Å². The molecule has 0 aliphatic rings. The molecule has 2 rings (SSSR count). The van der Waals surface area contributed by atoms with Crippen LogP contribution in [0, 0.1) is 11.6 Å². The predicted octanol–water partition coefficient (Wildman–Crippen LogP) is 2.34. The van der Waals surface area contributed by atoms with Gasteiger partial charge in [-0.15, -0.1) is 0 Å². The van der Waals surface area contributed by atoms with Gasteiger partial charge >= 0.3 is 46.0 Å². The minimum atomic E-state index is -6.46. The maximum Gasteiger partial charge on any atom is 1.00 e. The van der Waals surface area contributed by atoms with E-state index in [1.54, 1.807) is 30.3 Å². The van der Waals surface area contributed by atoms with E-state index in [0.717, 1.165) is 0 Å². The van der Waals surface area contributed by atoms with Gasteiger partial charge in [-0.2, -0.15) is 26.3 Å². The molecule has 0 spiro atoms. The Morgan fingerprint density at radius 2 is 1.47 bits per heavy atom. The van der Waals surface area contributed by atoms with E-state index in [-0.39, 0.29) is 36.2 Å². The van der Waals surface area contributed by atoms with Crippen molar-refractivity contribution in [1.82, 2.24) is 0 Å². The van der Waals surface area contributed by atoms with E-state index in [0.29, 0.717) is 17.7 Å². The Labute approximate surface area is 193 Å². The molecule has 0 saturated heterocycles. The van der Waals surface area contributed by atoms with Crippen LogP contribution in [0.15, 0.2) is 47.4 Å². The molecular formula is C16H9F8NaO3S2. The Morgan fingerprint density at radius 3 is 1.93 bits per heavy atom. The van der Waals surface area contributed by atoms with Crippen LogP contribution in [0.5, 0.6) is 5.75 Å². The van der Waals surface area contributed by atoms with Crippen LogP contribution in [0.4, 0.5) is 35.1 Å². The van der Waals surface area contributed by atoms with Crippen molar-refractivity contribution in [2.24, 2.45) is 0 Å². The molecule has 0 saturated carbocycles. The average Bonchev–Trinajstić information content (AvgIpc) is 2.63. The van der Waals surface area contributed by atoms with E-state index >= 15 is 0 Å². The molecule has 0 aliphatic carbocycles. The van der Waals surface area contributed by atoms with Gasteiger partial charge in [0.1, 0.15) is 24.0 Å². The third-order valence-electron chi connectivity index (χ3n) is 3.39. The van der Waals surface area contributed by atoms with Crippen LogP contribution in [0.2, 0.25) is 0 Å². The van der Waals surface area contributed by atoms with Crippen molar-refractivity contribution in [3.63, 3.8) is 0 Å². The number of thioether (sulfide) groups is 1. The number of ether oxygens (including phenoxy) is 1. The van der Waals surface area contributed by atoms with Crippen LogP contribution >= 0.6 is 11.8 Å². The van der Waals surface area contributed by atoms with Gasteiger partial charge < -0.3 is 9.29 Å². The first kappa shape index (κ1) is 27.2. The number of hydrogen-bond acceptors (Lipinski definition) is 4. The van der Waals surface area contributed by atoms with E-state index in [4.69, 9.17) is 4.74 Å². The van der Waals surface area contributed by atoms with Gasteiger partial charge in [0.15, 0.2) is 0 Å². The number of hydrogen-bond donors (Lipinski definition) is 0. The SMILES string of the molecule is O=S([O-])C(F)(F)C(F)(F)C(F)(F)Sc1c(F)cc(OCc2ccccc2)cc1F.[Na+]. The molecular weight excluding hydrogens is 479 g/mol. The van der Waals surface area contributed by atoms with Gasteiger partial charge in [0.2, 0.25) is 0 Å². The zero-order valence-electron chi connectivity index (χ0n) is 14.8. The van der Waals surface area contributed by atoms with Crippen LogP contribution in [-0.2, 0) is 17.7 Å². The smallest absolute Gasteiger partial charge is 0.768 e. The van der Waals surface area contributed by atoms with Crippen molar-refractivity contribution in [2.75, 3.05) is 0 Å². The van der Waals surface area contributed by atoms with Crippen molar-refractivity contribution in [3.8, 4) is 5.75 Å². The van der Waals surface area contributed by atoms with E-state index < -0.39 is 61.6 Å². The summed E-state index contributed by atoms with van der Waals surface area (Å²) < 4.78 is 133. The van der Waals surface area contributed by atoms with E-state index in [1.165, 1.54) is 0 Å². The molecule has 0 bridgehead atoms. The summed E-state index contributed by atoms with van der Waals surface area (Å²) in [6, 6.07) is 8.99. The minimum absolute atomic E-state index is 0. The molecule has 3 nitrogen and oxygen atoms in total. The Balaban J connectivity index is 0.00000450. The Bertz CT molecular complexity index is 876. The minimum Gasteiger partial charge on any atom is -0.768 e. The molecule has 2 aromatic carbocycles. The molecule has 0 aromatic heterocycles. The number of benzene rings is 2. The predicted molar refractivity (Wildman–Crippen MR) is 86.7 cm³/mol. The normalized spacial score (nSPS) is 13.5. The Kier molecular flexibility index (Phi) is 9.21. The fourth-order valence-electron chi connectivity index (χ4n) is 1.92. The standard InChI is InChI=1S/C16H10F8O3S2.Na/c17-11-6-10(27-8-9-4-2-1-3-5-9)7-12(18)13(11)28-15(21,22)14(19,20)16(23,24)29(25)26;/h1-7H,8H2,(H,25,26);/q;+1/p-1. The molecule has 0 radical (unpaired) electrons.